The number of nitrogens with two attached hydrogens (primary N) is 1. The predicted octanol–water partition coefficient (Wildman–Crippen LogP) is 4.89. The molecule has 2 N–H and O–H groups in total. The molecule has 0 saturated heterocycles. The van der Waals surface area contributed by atoms with Gasteiger partial charge in [0.15, 0.2) is 0 Å². The van der Waals surface area contributed by atoms with Crippen LogP contribution in [0.15, 0.2) is 53.0 Å². The number of carbonyl (C=O) groups is 1. The molecule has 1 aromatic heterocycles. The smallest absolute Gasteiger partial charge is 0.399 e. The molecule has 0 aliphatic carbocycles. The summed E-state index contributed by atoms with van der Waals surface area (Å²) >= 11 is 3.28. The summed E-state index contributed by atoms with van der Waals surface area (Å²) in [6, 6.07) is 12.1. The van der Waals surface area contributed by atoms with Crippen LogP contribution in [0.1, 0.15) is 16.1 Å². The van der Waals surface area contributed by atoms with Crippen molar-refractivity contribution in [3.8, 4) is 0 Å². The first-order chi connectivity index (χ1) is 11.3. The Labute approximate surface area is 144 Å². The van der Waals surface area contributed by atoms with E-state index in [4.69, 9.17) is 5.73 Å². The highest BCUT2D eigenvalue weighted by Crippen LogP contribution is 2.34. The van der Waals surface area contributed by atoms with E-state index in [1.54, 1.807) is 24.3 Å². The molecule has 24 heavy (non-hydrogen) atoms. The van der Waals surface area contributed by atoms with Gasteiger partial charge in [0.05, 0.1) is 11.9 Å². The Morgan fingerprint density at radius 2 is 1.75 bits per heavy atom. The number of halogens is 4. The lowest BCUT2D eigenvalue weighted by Gasteiger charge is -2.12. The van der Waals surface area contributed by atoms with Crippen molar-refractivity contribution in [1.82, 2.24) is 4.57 Å². The fourth-order valence-electron chi connectivity index (χ4n) is 2.57. The van der Waals surface area contributed by atoms with Gasteiger partial charge in [-0.15, -0.1) is 0 Å². The number of anilines is 1. The number of hydrogen-bond donors (Lipinski definition) is 1. The van der Waals surface area contributed by atoms with Crippen LogP contribution in [0.25, 0.3) is 10.9 Å². The van der Waals surface area contributed by atoms with Gasteiger partial charge in [0.25, 0.3) is 0 Å². The molecule has 3 rings (SSSR count). The lowest BCUT2D eigenvalue weighted by atomic mass is 10.1. The minimum absolute atomic E-state index is 0.134. The number of nitrogens with zero attached hydrogens (tertiary/aromatic N) is 1. The maximum absolute atomic E-state index is 13.3. The van der Waals surface area contributed by atoms with Gasteiger partial charge < -0.3 is 5.73 Å². The van der Waals surface area contributed by atoms with Crippen LogP contribution in [0.4, 0.5) is 18.9 Å². The van der Waals surface area contributed by atoms with Gasteiger partial charge >= 0.3 is 6.18 Å². The molecule has 0 fully saturated rings. The van der Waals surface area contributed by atoms with Gasteiger partial charge in [0, 0.05) is 15.5 Å². The molecule has 3 nitrogen and oxygen atoms in total. The average molecular weight is 397 g/mol. The van der Waals surface area contributed by atoms with Crippen LogP contribution in [-0.2, 0) is 12.6 Å². The van der Waals surface area contributed by atoms with E-state index in [9.17, 15) is 18.0 Å². The van der Waals surface area contributed by atoms with Crippen molar-refractivity contribution in [1.29, 1.82) is 0 Å². The van der Waals surface area contributed by atoms with E-state index in [2.05, 4.69) is 15.9 Å². The van der Waals surface area contributed by atoms with Crippen molar-refractivity contribution in [3.63, 3.8) is 0 Å². The molecule has 0 atom stereocenters. The molecule has 0 unspecified atom stereocenters. The molecule has 0 aliphatic heterocycles. The second-order valence-corrected chi connectivity index (χ2v) is 6.29. The third kappa shape index (κ3) is 3.17. The molecule has 0 amide bonds. The van der Waals surface area contributed by atoms with E-state index in [0.29, 0.717) is 11.3 Å². The fourth-order valence-corrected chi connectivity index (χ4v) is 2.83. The summed E-state index contributed by atoms with van der Waals surface area (Å²) in [4.78, 5) is 12.5. The Bertz CT molecular complexity index is 914. The SMILES string of the molecule is Nc1ccc2c(c1)cc(C(F)(F)F)n2C(=O)Cc1ccc(Br)cc1. The summed E-state index contributed by atoms with van der Waals surface area (Å²) < 4.78 is 41.5. The molecule has 1 heterocycles. The van der Waals surface area contributed by atoms with E-state index in [-0.39, 0.29) is 17.3 Å². The molecule has 3 aromatic rings. The van der Waals surface area contributed by atoms with Crippen LogP contribution in [0.3, 0.4) is 0 Å². The Kier molecular flexibility index (Phi) is 4.13. The van der Waals surface area contributed by atoms with Crippen molar-refractivity contribution in [2.24, 2.45) is 0 Å². The van der Waals surface area contributed by atoms with Gasteiger partial charge in [-0.2, -0.15) is 13.2 Å². The zero-order chi connectivity index (χ0) is 17.5. The molecule has 0 saturated carbocycles. The summed E-state index contributed by atoms with van der Waals surface area (Å²) in [6.45, 7) is 0. The van der Waals surface area contributed by atoms with Crippen molar-refractivity contribution < 1.29 is 18.0 Å². The van der Waals surface area contributed by atoms with Crippen LogP contribution in [0.2, 0.25) is 0 Å². The van der Waals surface area contributed by atoms with Gasteiger partial charge in [-0.25, -0.2) is 0 Å². The number of alkyl halides is 3. The number of rotatable bonds is 2. The second kappa shape index (κ2) is 5.98. The Morgan fingerprint density at radius 3 is 2.38 bits per heavy atom. The fraction of sp³-hybridized carbons (Fsp3) is 0.118. The van der Waals surface area contributed by atoms with Gasteiger partial charge in [-0.3, -0.25) is 9.36 Å². The van der Waals surface area contributed by atoms with Crippen LogP contribution >= 0.6 is 15.9 Å². The third-order valence-electron chi connectivity index (χ3n) is 3.63. The third-order valence-corrected chi connectivity index (χ3v) is 4.16. The van der Waals surface area contributed by atoms with Crippen LogP contribution in [0, 0.1) is 0 Å². The van der Waals surface area contributed by atoms with Gasteiger partial charge in [0.1, 0.15) is 5.69 Å². The number of nitrogen functional groups attached to an aromatic ring is 1. The first-order valence-electron chi connectivity index (χ1n) is 7.01. The highest BCUT2D eigenvalue weighted by Gasteiger charge is 2.37. The molecule has 7 heteroatoms. The van der Waals surface area contributed by atoms with E-state index >= 15 is 0 Å². The Balaban J connectivity index is 2.09. The lowest BCUT2D eigenvalue weighted by molar-refractivity contribution is -0.142. The highest BCUT2D eigenvalue weighted by molar-refractivity contribution is 9.10. The highest BCUT2D eigenvalue weighted by atomic mass is 79.9. The minimum Gasteiger partial charge on any atom is -0.399 e. The van der Waals surface area contributed by atoms with Gasteiger partial charge in [-0.05, 0) is 42.0 Å². The molecule has 2 aromatic carbocycles. The maximum Gasteiger partial charge on any atom is 0.431 e. The van der Waals surface area contributed by atoms with E-state index in [1.165, 1.54) is 18.2 Å². The van der Waals surface area contributed by atoms with E-state index < -0.39 is 17.8 Å². The predicted molar refractivity (Wildman–Crippen MR) is 89.8 cm³/mol. The summed E-state index contributed by atoms with van der Waals surface area (Å²) in [5.41, 5.74) is 5.80. The molecule has 0 aliphatic rings. The zero-order valence-electron chi connectivity index (χ0n) is 12.3. The van der Waals surface area contributed by atoms with E-state index in [1.807, 2.05) is 0 Å². The number of aromatic nitrogens is 1. The van der Waals surface area contributed by atoms with Crippen molar-refractivity contribution in [2.45, 2.75) is 12.6 Å². The Morgan fingerprint density at radius 1 is 1.08 bits per heavy atom. The quantitative estimate of drug-likeness (QED) is 0.627. The summed E-state index contributed by atoms with van der Waals surface area (Å²) in [5, 5.41) is 0.284. The Hall–Kier alpha value is -2.28. The van der Waals surface area contributed by atoms with Crippen molar-refractivity contribution in [3.05, 3.63) is 64.3 Å². The maximum atomic E-state index is 13.3. The molecule has 0 radical (unpaired) electrons. The largest absolute Gasteiger partial charge is 0.431 e. The molecule has 124 valence electrons. The molecular formula is C17H12BrF3N2O. The first kappa shape index (κ1) is 16.6. The lowest BCUT2D eigenvalue weighted by Crippen LogP contribution is -2.21. The summed E-state index contributed by atoms with van der Waals surface area (Å²) in [5.74, 6) is -0.649. The summed E-state index contributed by atoms with van der Waals surface area (Å²) in [6.07, 6.45) is -4.77. The van der Waals surface area contributed by atoms with Crippen LogP contribution in [-0.4, -0.2) is 10.5 Å². The first-order valence-corrected chi connectivity index (χ1v) is 7.81. The average Bonchev–Trinajstić information content (AvgIpc) is 2.88. The van der Waals surface area contributed by atoms with Gasteiger partial charge in [0.2, 0.25) is 5.91 Å². The van der Waals surface area contributed by atoms with Crippen molar-refractivity contribution >= 4 is 38.4 Å². The van der Waals surface area contributed by atoms with E-state index in [0.717, 1.165) is 15.1 Å². The second-order valence-electron chi connectivity index (χ2n) is 5.38. The standard InChI is InChI=1S/C17H12BrF3N2O/c18-12-3-1-10(2-4-12)7-16(24)23-14-6-5-13(22)8-11(14)9-15(23)17(19,20)21/h1-6,8-9H,7,22H2. The monoisotopic (exact) mass is 396 g/mol. The number of carbonyl (C=O) groups excluding carboxylic acids is 1. The van der Waals surface area contributed by atoms with Crippen LogP contribution < -0.4 is 5.73 Å². The normalized spacial score (nSPS) is 11.8. The summed E-state index contributed by atoms with van der Waals surface area (Å²) in [7, 11) is 0. The number of benzene rings is 2. The topological polar surface area (TPSA) is 48.0 Å². The van der Waals surface area contributed by atoms with Crippen molar-refractivity contribution in [2.75, 3.05) is 5.73 Å². The number of fused-ring (bicyclic) bond motifs is 1. The molecule has 0 bridgehead atoms. The molecular weight excluding hydrogens is 385 g/mol. The number of hydrogen-bond acceptors (Lipinski definition) is 2. The van der Waals surface area contributed by atoms with Crippen LogP contribution in [0.5, 0.6) is 0 Å². The zero-order valence-corrected chi connectivity index (χ0v) is 13.9. The minimum atomic E-state index is -4.64. The molecule has 0 spiro atoms. The van der Waals surface area contributed by atoms with Gasteiger partial charge in [-0.1, -0.05) is 28.1 Å².